The maximum Gasteiger partial charge on any atom is 0.339 e. The standard InChI is InChI=1S/C10H16N2O3/c1-4-7(2)15-6-9-8(10(13)14)5-12(3)11-9/h5,7H,4,6H2,1-3H3,(H,13,14). The zero-order valence-electron chi connectivity index (χ0n) is 9.23. The number of aryl methyl sites for hydroxylation is 1. The summed E-state index contributed by atoms with van der Waals surface area (Å²) in [5.74, 6) is -0.967. The number of hydrogen-bond acceptors (Lipinski definition) is 3. The molecule has 0 fully saturated rings. The Balaban J connectivity index is 2.71. The molecule has 5 heteroatoms. The van der Waals surface area contributed by atoms with Crippen LogP contribution in [0.25, 0.3) is 0 Å². The molecule has 0 amide bonds. The van der Waals surface area contributed by atoms with Crippen molar-refractivity contribution in [3.63, 3.8) is 0 Å². The molecule has 0 saturated heterocycles. The fourth-order valence-corrected chi connectivity index (χ4v) is 1.16. The first kappa shape index (κ1) is 11.7. The number of carbonyl (C=O) groups is 1. The first-order chi connectivity index (χ1) is 7.04. The van der Waals surface area contributed by atoms with E-state index in [-0.39, 0.29) is 18.3 Å². The van der Waals surface area contributed by atoms with Crippen molar-refractivity contribution in [1.82, 2.24) is 9.78 Å². The molecule has 0 aliphatic carbocycles. The van der Waals surface area contributed by atoms with Crippen LogP contribution in [0.4, 0.5) is 0 Å². The Bertz CT molecular complexity index is 346. The van der Waals surface area contributed by atoms with Gasteiger partial charge in [-0.05, 0) is 13.3 Å². The van der Waals surface area contributed by atoms with Crippen molar-refractivity contribution >= 4 is 5.97 Å². The minimum absolute atomic E-state index is 0.119. The number of rotatable bonds is 5. The molecule has 1 unspecified atom stereocenters. The van der Waals surface area contributed by atoms with Crippen LogP contribution >= 0.6 is 0 Å². The van der Waals surface area contributed by atoms with Crippen molar-refractivity contribution in [1.29, 1.82) is 0 Å². The normalized spacial score (nSPS) is 12.7. The molecule has 0 saturated carbocycles. The molecule has 84 valence electrons. The van der Waals surface area contributed by atoms with E-state index in [1.54, 1.807) is 7.05 Å². The quantitative estimate of drug-likeness (QED) is 0.802. The van der Waals surface area contributed by atoms with Gasteiger partial charge in [0.15, 0.2) is 0 Å². The Morgan fingerprint density at radius 3 is 2.93 bits per heavy atom. The molecule has 1 aromatic rings. The average molecular weight is 212 g/mol. The summed E-state index contributed by atoms with van der Waals surface area (Å²) in [6.07, 6.45) is 2.50. The fourth-order valence-electron chi connectivity index (χ4n) is 1.16. The minimum Gasteiger partial charge on any atom is -0.478 e. The van der Waals surface area contributed by atoms with E-state index in [9.17, 15) is 4.79 Å². The van der Waals surface area contributed by atoms with Crippen molar-refractivity contribution in [3.05, 3.63) is 17.5 Å². The van der Waals surface area contributed by atoms with Gasteiger partial charge in [0.2, 0.25) is 0 Å². The third-order valence-corrected chi connectivity index (χ3v) is 2.22. The highest BCUT2D eigenvalue weighted by Gasteiger charge is 2.14. The second-order valence-electron chi connectivity index (χ2n) is 3.50. The zero-order valence-corrected chi connectivity index (χ0v) is 9.23. The summed E-state index contributed by atoms with van der Waals surface area (Å²) in [5.41, 5.74) is 0.686. The molecule has 0 aromatic carbocycles. The first-order valence-corrected chi connectivity index (χ1v) is 4.92. The van der Waals surface area contributed by atoms with Crippen LogP contribution < -0.4 is 0 Å². The van der Waals surface area contributed by atoms with Crippen molar-refractivity contribution in [2.45, 2.75) is 33.0 Å². The molecule has 0 aliphatic heterocycles. The molecule has 5 nitrogen and oxygen atoms in total. The predicted octanol–water partition coefficient (Wildman–Crippen LogP) is 1.43. The summed E-state index contributed by atoms with van der Waals surface area (Å²) in [5, 5.41) is 12.9. The predicted molar refractivity (Wildman–Crippen MR) is 54.7 cm³/mol. The molecule has 1 aromatic heterocycles. The summed E-state index contributed by atoms with van der Waals surface area (Å²) in [6.45, 7) is 4.21. The smallest absolute Gasteiger partial charge is 0.339 e. The van der Waals surface area contributed by atoms with Gasteiger partial charge in [-0.1, -0.05) is 6.92 Å². The van der Waals surface area contributed by atoms with E-state index < -0.39 is 5.97 Å². The van der Waals surface area contributed by atoms with Crippen LogP contribution in [0.15, 0.2) is 6.20 Å². The van der Waals surface area contributed by atoms with Crippen LogP contribution in [0.5, 0.6) is 0 Å². The van der Waals surface area contributed by atoms with Gasteiger partial charge >= 0.3 is 5.97 Å². The minimum atomic E-state index is -0.967. The van der Waals surface area contributed by atoms with Gasteiger partial charge in [-0.25, -0.2) is 4.79 Å². The number of carboxylic acids is 1. The molecular formula is C10H16N2O3. The molecule has 1 N–H and O–H groups in total. The van der Waals surface area contributed by atoms with Gasteiger partial charge in [0, 0.05) is 13.2 Å². The Morgan fingerprint density at radius 2 is 2.40 bits per heavy atom. The summed E-state index contributed by atoms with van der Waals surface area (Å²) >= 11 is 0. The second-order valence-corrected chi connectivity index (χ2v) is 3.50. The SMILES string of the molecule is CCC(C)OCc1nn(C)cc1C(=O)O. The van der Waals surface area contributed by atoms with Crippen molar-refractivity contribution < 1.29 is 14.6 Å². The van der Waals surface area contributed by atoms with E-state index in [0.29, 0.717) is 5.69 Å². The second kappa shape index (κ2) is 4.93. The molecule has 0 bridgehead atoms. The molecule has 0 spiro atoms. The number of hydrogen-bond donors (Lipinski definition) is 1. The summed E-state index contributed by atoms with van der Waals surface area (Å²) in [4.78, 5) is 10.8. The number of carboxylic acid groups (broad SMARTS) is 1. The highest BCUT2D eigenvalue weighted by atomic mass is 16.5. The number of nitrogens with zero attached hydrogens (tertiary/aromatic N) is 2. The Hall–Kier alpha value is -1.36. The van der Waals surface area contributed by atoms with E-state index >= 15 is 0 Å². The Kier molecular flexibility index (Phi) is 3.85. The lowest BCUT2D eigenvalue weighted by molar-refractivity contribution is 0.0468. The zero-order chi connectivity index (χ0) is 11.4. The summed E-state index contributed by atoms with van der Waals surface area (Å²) in [7, 11) is 1.69. The Morgan fingerprint density at radius 1 is 1.73 bits per heavy atom. The first-order valence-electron chi connectivity index (χ1n) is 4.92. The van der Waals surface area contributed by atoms with Crippen LogP contribution in [-0.4, -0.2) is 27.0 Å². The van der Waals surface area contributed by atoms with Gasteiger partial charge in [0.25, 0.3) is 0 Å². The molecular weight excluding hydrogens is 196 g/mol. The average Bonchev–Trinajstić information content (AvgIpc) is 2.56. The number of ether oxygens (including phenoxy) is 1. The highest BCUT2D eigenvalue weighted by molar-refractivity contribution is 5.88. The maximum absolute atomic E-state index is 10.8. The molecule has 0 aliphatic rings. The van der Waals surface area contributed by atoms with E-state index in [0.717, 1.165) is 6.42 Å². The molecule has 1 heterocycles. The summed E-state index contributed by atoms with van der Waals surface area (Å²) in [6, 6.07) is 0. The molecule has 0 radical (unpaired) electrons. The van der Waals surface area contributed by atoms with E-state index in [4.69, 9.17) is 9.84 Å². The monoisotopic (exact) mass is 212 g/mol. The lowest BCUT2D eigenvalue weighted by Crippen LogP contribution is -2.09. The highest BCUT2D eigenvalue weighted by Crippen LogP contribution is 2.09. The lowest BCUT2D eigenvalue weighted by atomic mass is 10.2. The van der Waals surface area contributed by atoms with Gasteiger partial charge in [-0.2, -0.15) is 5.10 Å². The number of aromatic carboxylic acids is 1. The van der Waals surface area contributed by atoms with Gasteiger partial charge in [-0.15, -0.1) is 0 Å². The molecule has 1 rings (SSSR count). The van der Waals surface area contributed by atoms with Gasteiger partial charge < -0.3 is 9.84 Å². The lowest BCUT2D eigenvalue weighted by Gasteiger charge is -2.08. The van der Waals surface area contributed by atoms with Crippen LogP contribution in [0.1, 0.15) is 36.3 Å². The van der Waals surface area contributed by atoms with E-state index in [1.807, 2.05) is 13.8 Å². The molecule has 15 heavy (non-hydrogen) atoms. The fraction of sp³-hybridized carbons (Fsp3) is 0.600. The van der Waals surface area contributed by atoms with Gasteiger partial charge in [0.1, 0.15) is 11.3 Å². The van der Waals surface area contributed by atoms with Crippen LogP contribution in [0, 0.1) is 0 Å². The van der Waals surface area contributed by atoms with E-state index in [2.05, 4.69) is 5.10 Å². The van der Waals surface area contributed by atoms with Crippen LogP contribution in [0.3, 0.4) is 0 Å². The molecule has 1 atom stereocenters. The van der Waals surface area contributed by atoms with Crippen LogP contribution in [-0.2, 0) is 18.4 Å². The third-order valence-electron chi connectivity index (χ3n) is 2.22. The Labute approximate surface area is 88.7 Å². The van der Waals surface area contributed by atoms with Crippen molar-refractivity contribution in [2.24, 2.45) is 7.05 Å². The van der Waals surface area contributed by atoms with Crippen molar-refractivity contribution in [2.75, 3.05) is 0 Å². The summed E-state index contributed by atoms with van der Waals surface area (Å²) < 4.78 is 6.93. The maximum atomic E-state index is 10.8. The third kappa shape index (κ3) is 3.06. The topological polar surface area (TPSA) is 64.4 Å². The van der Waals surface area contributed by atoms with Gasteiger partial charge in [0.05, 0.1) is 12.7 Å². The van der Waals surface area contributed by atoms with E-state index in [1.165, 1.54) is 10.9 Å². The number of aromatic nitrogens is 2. The van der Waals surface area contributed by atoms with Crippen LogP contribution in [0.2, 0.25) is 0 Å². The van der Waals surface area contributed by atoms with Crippen molar-refractivity contribution in [3.8, 4) is 0 Å². The van der Waals surface area contributed by atoms with Gasteiger partial charge in [-0.3, -0.25) is 4.68 Å². The largest absolute Gasteiger partial charge is 0.478 e.